The van der Waals surface area contributed by atoms with Crippen molar-refractivity contribution >= 4 is 5.97 Å². The van der Waals surface area contributed by atoms with Crippen molar-refractivity contribution in [1.82, 2.24) is 0 Å². The van der Waals surface area contributed by atoms with Crippen molar-refractivity contribution in [3.63, 3.8) is 0 Å². The van der Waals surface area contributed by atoms with E-state index >= 15 is 0 Å². The van der Waals surface area contributed by atoms with Crippen LogP contribution in [-0.4, -0.2) is 44.0 Å². The second-order valence-corrected chi connectivity index (χ2v) is 12.0. The highest BCUT2D eigenvalue weighted by Crippen LogP contribution is 2.36. The van der Waals surface area contributed by atoms with Gasteiger partial charge in [-0.15, -0.1) is 13.2 Å². The molecule has 242 valence electrons. The summed E-state index contributed by atoms with van der Waals surface area (Å²) in [5.74, 6) is 0.424. The zero-order valence-electron chi connectivity index (χ0n) is 24.7. The molecule has 1 aromatic carbocycles. The van der Waals surface area contributed by atoms with Crippen molar-refractivity contribution in [2.45, 2.75) is 109 Å². The molecule has 0 N–H and O–H groups in total. The third-order valence-electron chi connectivity index (χ3n) is 8.60. The third-order valence-corrected chi connectivity index (χ3v) is 8.60. The van der Waals surface area contributed by atoms with Gasteiger partial charge in [0.2, 0.25) is 0 Å². The molecule has 4 rings (SSSR count). The van der Waals surface area contributed by atoms with Gasteiger partial charge < -0.3 is 23.7 Å². The van der Waals surface area contributed by atoms with Crippen LogP contribution in [-0.2, 0) is 19.0 Å². The lowest BCUT2D eigenvalue weighted by molar-refractivity contribution is -0.355. The molecule has 6 nitrogen and oxygen atoms in total. The zero-order chi connectivity index (χ0) is 30.9. The molecular formula is C32H43F5O6. The van der Waals surface area contributed by atoms with Crippen LogP contribution in [0.15, 0.2) is 36.4 Å². The molecule has 0 spiro atoms. The summed E-state index contributed by atoms with van der Waals surface area (Å²) in [6, 6.07) is 3.52. The van der Waals surface area contributed by atoms with E-state index in [1.165, 1.54) is 51.4 Å². The van der Waals surface area contributed by atoms with Crippen LogP contribution in [0.2, 0.25) is 0 Å². The molecule has 0 unspecified atom stereocenters. The monoisotopic (exact) mass is 618 g/mol. The standard InChI is InChI=1S/C32H43F5O6/c1-2-3-4-5-22-6-8-23(9-7-22)10-11-24-12-14-25(15-13-24)29(38)41-28-20-39-30(40-21-28)31(33,34)42-26-16-18-27(19-17-26)43-32(35,36)37/h10-11,16-19,22-25,28,30H,2-9,12-15,20-21H2,1H3/b11-10+. The van der Waals surface area contributed by atoms with Crippen LogP contribution in [0, 0.1) is 23.7 Å². The molecule has 1 saturated heterocycles. The molecule has 3 fully saturated rings. The Morgan fingerprint density at radius 1 is 0.814 bits per heavy atom. The molecule has 0 aromatic heterocycles. The van der Waals surface area contributed by atoms with Gasteiger partial charge in [-0.1, -0.05) is 44.8 Å². The summed E-state index contributed by atoms with van der Waals surface area (Å²) in [6.07, 6.45) is 6.79. The maximum atomic E-state index is 14.5. The first-order chi connectivity index (χ1) is 20.5. The fourth-order valence-electron chi connectivity index (χ4n) is 6.14. The first-order valence-corrected chi connectivity index (χ1v) is 15.6. The largest absolute Gasteiger partial charge is 0.573 e. The number of unbranched alkanes of at least 4 members (excludes halogenated alkanes) is 2. The summed E-state index contributed by atoms with van der Waals surface area (Å²) in [4.78, 5) is 12.7. The fraction of sp³-hybridized carbons (Fsp3) is 0.719. The van der Waals surface area contributed by atoms with E-state index in [2.05, 4.69) is 28.5 Å². The molecule has 1 heterocycles. The number of carbonyl (C=O) groups excluding carboxylic acids is 1. The maximum Gasteiger partial charge on any atom is 0.573 e. The Labute approximate surface area is 250 Å². The summed E-state index contributed by atoms with van der Waals surface area (Å²) in [7, 11) is 0. The molecule has 1 aromatic rings. The number of rotatable bonds is 12. The third kappa shape index (κ3) is 10.9. The number of halogens is 5. The summed E-state index contributed by atoms with van der Waals surface area (Å²) < 4.78 is 89.9. The van der Waals surface area contributed by atoms with Crippen LogP contribution >= 0.6 is 0 Å². The van der Waals surface area contributed by atoms with E-state index in [0.29, 0.717) is 24.7 Å². The molecule has 0 amide bonds. The summed E-state index contributed by atoms with van der Waals surface area (Å²) >= 11 is 0. The summed E-state index contributed by atoms with van der Waals surface area (Å²) in [6.45, 7) is 1.65. The Hall–Kier alpha value is -2.40. The van der Waals surface area contributed by atoms with E-state index in [-0.39, 0.29) is 25.1 Å². The van der Waals surface area contributed by atoms with Gasteiger partial charge in [0.15, 0.2) is 0 Å². The Balaban J connectivity index is 1.12. The number of carbonyl (C=O) groups is 1. The van der Waals surface area contributed by atoms with Crippen molar-refractivity contribution in [3.8, 4) is 11.5 Å². The first kappa shape index (κ1) is 33.5. The molecule has 0 radical (unpaired) electrons. The van der Waals surface area contributed by atoms with Crippen molar-refractivity contribution in [2.75, 3.05) is 13.2 Å². The number of benzene rings is 1. The van der Waals surface area contributed by atoms with Gasteiger partial charge in [0, 0.05) is 0 Å². The van der Waals surface area contributed by atoms with Crippen molar-refractivity contribution in [1.29, 1.82) is 0 Å². The number of ether oxygens (including phenoxy) is 5. The van der Waals surface area contributed by atoms with Crippen molar-refractivity contribution in [2.24, 2.45) is 23.7 Å². The topological polar surface area (TPSA) is 63.2 Å². The summed E-state index contributed by atoms with van der Waals surface area (Å²) in [5, 5.41) is 0. The maximum absolute atomic E-state index is 14.5. The minimum absolute atomic E-state index is 0.241. The normalized spacial score (nSPS) is 28.9. The Morgan fingerprint density at radius 2 is 1.35 bits per heavy atom. The van der Waals surface area contributed by atoms with Crippen LogP contribution in [0.25, 0.3) is 0 Å². The van der Waals surface area contributed by atoms with Crippen molar-refractivity contribution < 1.29 is 50.4 Å². The minimum Gasteiger partial charge on any atom is -0.457 e. The lowest BCUT2D eigenvalue weighted by Gasteiger charge is -2.34. The number of hydrogen-bond donors (Lipinski definition) is 0. The fourth-order valence-corrected chi connectivity index (χ4v) is 6.14. The van der Waals surface area contributed by atoms with Crippen molar-refractivity contribution in [3.05, 3.63) is 36.4 Å². The average Bonchev–Trinajstić information content (AvgIpc) is 2.97. The van der Waals surface area contributed by atoms with Crippen LogP contribution in [0.3, 0.4) is 0 Å². The zero-order valence-corrected chi connectivity index (χ0v) is 24.7. The lowest BCUT2D eigenvalue weighted by Crippen LogP contribution is -2.50. The van der Waals surface area contributed by atoms with Gasteiger partial charge in [-0.05, 0) is 93.4 Å². The average molecular weight is 619 g/mol. The van der Waals surface area contributed by atoms with Gasteiger partial charge in [-0.3, -0.25) is 4.79 Å². The molecule has 2 saturated carbocycles. The van der Waals surface area contributed by atoms with Crippen LogP contribution in [0.1, 0.15) is 84.0 Å². The van der Waals surface area contributed by atoms with Gasteiger partial charge in [0.25, 0.3) is 6.29 Å². The van der Waals surface area contributed by atoms with Gasteiger partial charge in [0.05, 0.1) is 19.1 Å². The van der Waals surface area contributed by atoms with E-state index < -0.39 is 36.4 Å². The predicted molar refractivity (Wildman–Crippen MR) is 148 cm³/mol. The molecular weight excluding hydrogens is 575 g/mol. The Bertz CT molecular complexity index is 1010. The van der Waals surface area contributed by atoms with Crippen LogP contribution < -0.4 is 9.47 Å². The van der Waals surface area contributed by atoms with E-state index in [1.54, 1.807) is 0 Å². The van der Waals surface area contributed by atoms with Gasteiger partial charge in [0.1, 0.15) is 17.6 Å². The molecule has 1 aliphatic heterocycles. The van der Waals surface area contributed by atoms with E-state index in [9.17, 15) is 26.7 Å². The second kappa shape index (κ2) is 15.5. The van der Waals surface area contributed by atoms with Crippen LogP contribution in [0.4, 0.5) is 22.0 Å². The Kier molecular flexibility index (Phi) is 12.1. The second-order valence-electron chi connectivity index (χ2n) is 12.0. The highest BCUT2D eigenvalue weighted by atomic mass is 19.4. The smallest absolute Gasteiger partial charge is 0.457 e. The van der Waals surface area contributed by atoms with Gasteiger partial charge in [-0.25, -0.2) is 0 Å². The molecule has 11 heteroatoms. The van der Waals surface area contributed by atoms with Crippen LogP contribution in [0.5, 0.6) is 11.5 Å². The Morgan fingerprint density at radius 3 is 1.88 bits per heavy atom. The predicted octanol–water partition coefficient (Wildman–Crippen LogP) is 8.59. The first-order valence-electron chi connectivity index (χ1n) is 15.6. The quantitative estimate of drug-likeness (QED) is 0.101. The lowest BCUT2D eigenvalue weighted by atomic mass is 9.78. The number of esters is 1. The van der Waals surface area contributed by atoms with Gasteiger partial charge >= 0.3 is 18.4 Å². The number of allylic oxidation sites excluding steroid dienone is 2. The minimum atomic E-state index is -4.90. The number of alkyl halides is 5. The molecule has 3 aliphatic rings. The number of hydrogen-bond acceptors (Lipinski definition) is 6. The SMILES string of the molecule is CCCCCC1CCC(/C=C/C2CCC(C(=O)OC3COC(C(F)(F)Oc4ccc(OC(F)(F)F)cc4)OC3)CC2)CC1. The van der Waals surface area contributed by atoms with E-state index in [0.717, 1.165) is 43.0 Å². The summed E-state index contributed by atoms with van der Waals surface area (Å²) in [5.41, 5.74) is 0. The highest BCUT2D eigenvalue weighted by molar-refractivity contribution is 5.72. The van der Waals surface area contributed by atoms with E-state index in [4.69, 9.17) is 14.2 Å². The molecule has 43 heavy (non-hydrogen) atoms. The van der Waals surface area contributed by atoms with Gasteiger partial charge in [-0.2, -0.15) is 8.78 Å². The van der Waals surface area contributed by atoms with E-state index in [1.807, 2.05) is 0 Å². The highest BCUT2D eigenvalue weighted by Gasteiger charge is 2.48. The molecule has 0 bridgehead atoms. The molecule has 2 aliphatic carbocycles. The molecule has 0 atom stereocenters.